The molecule has 1 aliphatic rings. The predicted molar refractivity (Wildman–Crippen MR) is 110 cm³/mol. The largest absolute Gasteiger partial charge is 0.494 e. The number of benzene rings is 3. The first-order valence-corrected chi connectivity index (χ1v) is 10.8. The zero-order valence-corrected chi connectivity index (χ0v) is 17.6. The summed E-state index contributed by atoms with van der Waals surface area (Å²) < 4.78 is 79.5. The molecule has 1 heterocycles. The third-order valence-corrected chi connectivity index (χ3v) is 6.99. The third kappa shape index (κ3) is 3.79. The molecule has 1 aliphatic heterocycles. The smallest absolute Gasteiger partial charge is 0.264 e. The Kier molecular flexibility index (Phi) is 5.49. The number of ether oxygens (including phenoxy) is 2. The molecule has 3 aromatic rings. The standard InChI is InChI=1S/C21H15ClF3NO4S/c1-29-20-11-14(3-4-16(20)24)31(27,28)26-6-7-30-19-5-2-12(8-18(19)26)15-9-13(23)10-17(25)21(15)22/h2-5,8-11H,6-7H2,1H3. The Hall–Kier alpha value is -2.91. The summed E-state index contributed by atoms with van der Waals surface area (Å²) in [5.74, 6) is -2.41. The van der Waals surface area contributed by atoms with E-state index in [2.05, 4.69) is 0 Å². The van der Waals surface area contributed by atoms with Crippen LogP contribution in [0.25, 0.3) is 11.1 Å². The molecule has 0 bridgehead atoms. The number of anilines is 1. The van der Waals surface area contributed by atoms with Crippen molar-refractivity contribution >= 4 is 27.3 Å². The van der Waals surface area contributed by atoms with Gasteiger partial charge in [0.15, 0.2) is 11.6 Å². The Morgan fingerprint density at radius 3 is 2.55 bits per heavy atom. The molecule has 31 heavy (non-hydrogen) atoms. The quantitative estimate of drug-likeness (QED) is 0.503. The average molecular weight is 470 g/mol. The van der Waals surface area contributed by atoms with Gasteiger partial charge in [-0.25, -0.2) is 21.6 Å². The number of hydrogen-bond donors (Lipinski definition) is 0. The monoisotopic (exact) mass is 469 g/mol. The van der Waals surface area contributed by atoms with Gasteiger partial charge in [-0.05, 0) is 35.9 Å². The van der Waals surface area contributed by atoms with Crippen LogP contribution in [0, 0.1) is 17.5 Å². The zero-order chi connectivity index (χ0) is 22.3. The van der Waals surface area contributed by atoms with E-state index in [0.717, 1.165) is 28.6 Å². The number of halogens is 4. The second kappa shape index (κ2) is 7.97. The molecule has 10 heteroatoms. The number of rotatable bonds is 4. The third-order valence-electron chi connectivity index (χ3n) is 4.79. The van der Waals surface area contributed by atoms with Crippen molar-refractivity contribution in [2.45, 2.75) is 4.90 Å². The van der Waals surface area contributed by atoms with Gasteiger partial charge < -0.3 is 9.47 Å². The Balaban J connectivity index is 1.84. The Morgan fingerprint density at radius 1 is 1.03 bits per heavy atom. The number of methoxy groups -OCH3 is 1. The van der Waals surface area contributed by atoms with Crippen molar-refractivity contribution in [2.75, 3.05) is 24.6 Å². The predicted octanol–water partition coefficient (Wildman–Crippen LogP) is 5.02. The Labute approximate surface area is 181 Å². The summed E-state index contributed by atoms with van der Waals surface area (Å²) in [4.78, 5) is -0.182. The molecule has 162 valence electrons. The van der Waals surface area contributed by atoms with Gasteiger partial charge in [0.1, 0.15) is 24.0 Å². The highest BCUT2D eigenvalue weighted by atomic mass is 35.5. The van der Waals surface area contributed by atoms with Gasteiger partial charge in [-0.2, -0.15) is 0 Å². The summed E-state index contributed by atoms with van der Waals surface area (Å²) in [5, 5.41) is -0.296. The van der Waals surface area contributed by atoms with Crippen molar-refractivity contribution in [3.8, 4) is 22.6 Å². The zero-order valence-electron chi connectivity index (χ0n) is 16.0. The van der Waals surface area contributed by atoms with E-state index in [1.165, 1.54) is 25.3 Å². The average Bonchev–Trinajstić information content (AvgIpc) is 2.75. The van der Waals surface area contributed by atoms with Crippen LogP contribution in [-0.4, -0.2) is 28.7 Å². The summed E-state index contributed by atoms with van der Waals surface area (Å²) in [6.07, 6.45) is 0. The minimum atomic E-state index is -4.12. The van der Waals surface area contributed by atoms with Crippen molar-refractivity contribution in [1.29, 1.82) is 0 Å². The number of sulfonamides is 1. The van der Waals surface area contributed by atoms with Gasteiger partial charge in [0.2, 0.25) is 0 Å². The normalized spacial score (nSPS) is 13.5. The maximum atomic E-state index is 13.9. The highest BCUT2D eigenvalue weighted by molar-refractivity contribution is 7.92. The first-order valence-electron chi connectivity index (χ1n) is 9.00. The minimum Gasteiger partial charge on any atom is -0.494 e. The number of nitrogens with zero attached hydrogens (tertiary/aromatic N) is 1. The van der Waals surface area contributed by atoms with E-state index in [1.807, 2.05) is 0 Å². The van der Waals surface area contributed by atoms with Crippen LogP contribution in [0.1, 0.15) is 0 Å². The summed E-state index contributed by atoms with van der Waals surface area (Å²) in [5.41, 5.74) is 0.519. The minimum absolute atomic E-state index is 0.0241. The fourth-order valence-corrected chi connectivity index (χ4v) is 4.99. The highest BCUT2D eigenvalue weighted by Crippen LogP contribution is 2.41. The van der Waals surface area contributed by atoms with Crippen LogP contribution in [0.4, 0.5) is 18.9 Å². The van der Waals surface area contributed by atoms with Crippen molar-refractivity contribution in [1.82, 2.24) is 0 Å². The van der Waals surface area contributed by atoms with Gasteiger partial charge in [0.25, 0.3) is 10.0 Å². The second-order valence-corrected chi connectivity index (χ2v) is 8.89. The van der Waals surface area contributed by atoms with Crippen LogP contribution in [-0.2, 0) is 10.0 Å². The Morgan fingerprint density at radius 2 is 1.81 bits per heavy atom. The van der Waals surface area contributed by atoms with Gasteiger partial charge in [-0.1, -0.05) is 17.7 Å². The maximum absolute atomic E-state index is 13.9. The summed E-state index contributed by atoms with van der Waals surface area (Å²) >= 11 is 6.00. The SMILES string of the molecule is COc1cc(S(=O)(=O)N2CCOc3ccc(-c4cc(F)cc(F)c4Cl)cc32)ccc1F. The summed E-state index contributed by atoms with van der Waals surface area (Å²) in [7, 11) is -2.90. The molecule has 4 rings (SSSR count). The van der Waals surface area contributed by atoms with Gasteiger partial charge in [0.05, 0.1) is 29.3 Å². The fourth-order valence-electron chi connectivity index (χ4n) is 3.30. The molecular formula is C21H15ClF3NO4S. The summed E-state index contributed by atoms with van der Waals surface area (Å²) in [6, 6.07) is 9.37. The first-order chi connectivity index (χ1) is 14.7. The molecule has 0 aromatic heterocycles. The molecule has 0 saturated carbocycles. The van der Waals surface area contributed by atoms with Gasteiger partial charge in [-0.3, -0.25) is 4.31 Å². The molecule has 0 unspecified atom stereocenters. The lowest BCUT2D eigenvalue weighted by molar-refractivity contribution is 0.316. The molecule has 0 aliphatic carbocycles. The number of fused-ring (bicyclic) bond motifs is 1. The molecule has 0 N–H and O–H groups in total. The van der Waals surface area contributed by atoms with E-state index in [-0.39, 0.29) is 45.8 Å². The van der Waals surface area contributed by atoms with E-state index in [0.29, 0.717) is 11.6 Å². The molecule has 3 aromatic carbocycles. The molecular weight excluding hydrogens is 455 g/mol. The molecule has 0 atom stereocenters. The molecule has 0 amide bonds. The molecule has 0 radical (unpaired) electrons. The summed E-state index contributed by atoms with van der Waals surface area (Å²) in [6.45, 7) is 0.0585. The van der Waals surface area contributed by atoms with Crippen LogP contribution in [0.3, 0.4) is 0 Å². The lowest BCUT2D eigenvalue weighted by Gasteiger charge is -2.31. The van der Waals surface area contributed by atoms with Crippen molar-refractivity contribution < 1.29 is 31.1 Å². The fraction of sp³-hybridized carbons (Fsp3) is 0.143. The topological polar surface area (TPSA) is 55.8 Å². The van der Waals surface area contributed by atoms with Crippen LogP contribution in [0.15, 0.2) is 53.4 Å². The molecule has 5 nitrogen and oxygen atoms in total. The van der Waals surface area contributed by atoms with Crippen LogP contribution in [0.2, 0.25) is 5.02 Å². The van der Waals surface area contributed by atoms with Crippen molar-refractivity contribution in [3.05, 3.63) is 71.0 Å². The number of hydrogen-bond acceptors (Lipinski definition) is 4. The molecule has 0 fully saturated rings. The van der Waals surface area contributed by atoms with Crippen molar-refractivity contribution in [2.24, 2.45) is 0 Å². The Bertz CT molecular complexity index is 1280. The second-order valence-electron chi connectivity index (χ2n) is 6.65. The van der Waals surface area contributed by atoms with E-state index >= 15 is 0 Å². The van der Waals surface area contributed by atoms with Gasteiger partial charge in [0, 0.05) is 17.7 Å². The van der Waals surface area contributed by atoms with E-state index in [4.69, 9.17) is 21.1 Å². The highest BCUT2D eigenvalue weighted by Gasteiger charge is 2.31. The lowest BCUT2D eigenvalue weighted by atomic mass is 10.0. The molecule has 0 spiro atoms. The first kappa shape index (κ1) is 21.3. The van der Waals surface area contributed by atoms with E-state index < -0.39 is 27.5 Å². The van der Waals surface area contributed by atoms with Crippen LogP contribution >= 0.6 is 11.6 Å². The van der Waals surface area contributed by atoms with Gasteiger partial charge in [-0.15, -0.1) is 0 Å². The van der Waals surface area contributed by atoms with Crippen LogP contribution < -0.4 is 13.8 Å². The maximum Gasteiger partial charge on any atom is 0.264 e. The molecule has 0 saturated heterocycles. The van der Waals surface area contributed by atoms with Crippen molar-refractivity contribution in [3.63, 3.8) is 0 Å². The van der Waals surface area contributed by atoms with E-state index in [1.54, 1.807) is 0 Å². The van der Waals surface area contributed by atoms with Crippen LogP contribution in [0.5, 0.6) is 11.5 Å². The van der Waals surface area contributed by atoms with Gasteiger partial charge >= 0.3 is 0 Å². The lowest BCUT2D eigenvalue weighted by Crippen LogP contribution is -2.38. The van der Waals surface area contributed by atoms with E-state index in [9.17, 15) is 21.6 Å².